The van der Waals surface area contributed by atoms with Crippen LogP contribution in [0.5, 0.6) is 0 Å². The van der Waals surface area contributed by atoms with Gasteiger partial charge in [0.05, 0.1) is 12.0 Å². The maximum atomic E-state index is 6.04. The van der Waals surface area contributed by atoms with Crippen LogP contribution in [0.1, 0.15) is 25.7 Å². The van der Waals surface area contributed by atoms with Crippen molar-refractivity contribution in [2.75, 3.05) is 50.8 Å². The normalized spacial score (nSPS) is 18.6. The van der Waals surface area contributed by atoms with Crippen molar-refractivity contribution in [1.82, 2.24) is 14.7 Å². The number of fused-ring (bicyclic) bond motifs is 1. The van der Waals surface area contributed by atoms with E-state index in [1.807, 2.05) is 0 Å². The van der Waals surface area contributed by atoms with Gasteiger partial charge in [-0.2, -0.15) is 5.10 Å². The number of anilines is 1. The molecule has 0 aliphatic carbocycles. The van der Waals surface area contributed by atoms with E-state index < -0.39 is 0 Å². The Bertz CT molecular complexity index is 952. The lowest BCUT2D eigenvalue weighted by molar-refractivity contribution is 0.0753. The number of aryl methyl sites for hydroxylation is 1. The zero-order valence-electron chi connectivity index (χ0n) is 17.9. The van der Waals surface area contributed by atoms with Gasteiger partial charge < -0.3 is 14.5 Å². The van der Waals surface area contributed by atoms with Gasteiger partial charge in [0.1, 0.15) is 4.83 Å². The van der Waals surface area contributed by atoms with Gasteiger partial charge in [-0.1, -0.05) is 30.3 Å². The Morgan fingerprint density at radius 3 is 2.60 bits per heavy atom. The lowest BCUT2D eigenvalue weighted by Crippen LogP contribution is -2.36. The fraction of sp³-hybridized carbons (Fsp3) is 0.542. The highest BCUT2D eigenvalue weighted by molar-refractivity contribution is 7.17. The second kappa shape index (κ2) is 9.08. The Morgan fingerprint density at radius 2 is 1.83 bits per heavy atom. The zero-order chi connectivity index (χ0) is 20.3. The van der Waals surface area contributed by atoms with E-state index in [9.17, 15) is 0 Å². The fourth-order valence-electron chi connectivity index (χ4n) is 4.85. The van der Waals surface area contributed by atoms with Crippen molar-refractivity contribution in [2.45, 2.75) is 25.7 Å². The van der Waals surface area contributed by atoms with Gasteiger partial charge in [-0.15, -0.1) is 11.3 Å². The summed E-state index contributed by atoms with van der Waals surface area (Å²) in [5.41, 5.74) is 2.59. The maximum Gasteiger partial charge on any atom is 0.160 e. The number of hydrogen-bond acceptors (Lipinski definition) is 5. The van der Waals surface area contributed by atoms with Crippen LogP contribution in [0.25, 0.3) is 21.3 Å². The molecule has 0 bridgehead atoms. The van der Waals surface area contributed by atoms with E-state index in [2.05, 4.69) is 57.2 Å². The van der Waals surface area contributed by atoms with Crippen LogP contribution in [0.15, 0.2) is 35.7 Å². The Balaban J connectivity index is 1.21. The van der Waals surface area contributed by atoms with Gasteiger partial charge in [-0.05, 0) is 50.3 Å². The molecule has 4 heterocycles. The number of nitrogens with zero attached hydrogens (tertiary/aromatic N) is 4. The van der Waals surface area contributed by atoms with Crippen molar-refractivity contribution in [3.05, 3.63) is 35.7 Å². The molecule has 0 spiro atoms. The Labute approximate surface area is 183 Å². The average Bonchev–Trinajstić information content (AvgIpc) is 3.52. The molecule has 0 unspecified atom stereocenters. The minimum Gasteiger partial charge on any atom is -0.380 e. The molecule has 160 valence electrons. The third-order valence-corrected chi connectivity index (χ3v) is 7.68. The summed E-state index contributed by atoms with van der Waals surface area (Å²) in [6.07, 6.45) is 5.09. The highest BCUT2D eigenvalue weighted by Crippen LogP contribution is 2.40. The van der Waals surface area contributed by atoms with Gasteiger partial charge in [-0.25, -0.2) is 0 Å². The van der Waals surface area contributed by atoms with Crippen LogP contribution < -0.4 is 4.90 Å². The molecule has 3 aromatic rings. The Hall–Kier alpha value is -1.89. The van der Waals surface area contributed by atoms with E-state index >= 15 is 0 Å². The lowest BCUT2D eigenvalue weighted by Gasteiger charge is -2.32. The van der Waals surface area contributed by atoms with E-state index in [1.165, 1.54) is 60.1 Å². The molecule has 0 saturated carbocycles. The summed E-state index contributed by atoms with van der Waals surface area (Å²) in [5.74, 6) is 1.83. The zero-order valence-corrected chi connectivity index (χ0v) is 18.7. The van der Waals surface area contributed by atoms with E-state index in [4.69, 9.17) is 9.84 Å². The first-order chi connectivity index (χ1) is 14.8. The highest BCUT2D eigenvalue weighted by atomic mass is 32.1. The summed E-state index contributed by atoms with van der Waals surface area (Å²) < 4.78 is 8.09. The van der Waals surface area contributed by atoms with Gasteiger partial charge in [0.15, 0.2) is 5.82 Å². The summed E-state index contributed by atoms with van der Waals surface area (Å²) in [5, 5.41) is 8.52. The number of hydrogen-bond donors (Lipinski definition) is 0. The molecule has 6 heteroatoms. The van der Waals surface area contributed by atoms with Crippen LogP contribution in [0.2, 0.25) is 0 Å². The average molecular weight is 425 g/mol. The molecule has 0 atom stereocenters. The fourth-order valence-corrected chi connectivity index (χ4v) is 5.85. The molecular weight excluding hydrogens is 392 g/mol. The lowest BCUT2D eigenvalue weighted by atomic mass is 9.97. The van der Waals surface area contributed by atoms with Gasteiger partial charge in [0, 0.05) is 44.2 Å². The van der Waals surface area contributed by atoms with Crippen molar-refractivity contribution in [3.63, 3.8) is 0 Å². The third-order valence-electron chi connectivity index (χ3n) is 6.64. The van der Waals surface area contributed by atoms with Gasteiger partial charge in [-0.3, -0.25) is 4.68 Å². The molecule has 2 saturated heterocycles. The topological polar surface area (TPSA) is 33.5 Å². The van der Waals surface area contributed by atoms with Crippen LogP contribution >= 0.6 is 11.3 Å². The first-order valence-corrected chi connectivity index (χ1v) is 12.2. The highest BCUT2D eigenvalue weighted by Gasteiger charge is 2.25. The van der Waals surface area contributed by atoms with E-state index in [1.54, 1.807) is 11.3 Å². The number of thiophene rings is 1. The molecule has 5 rings (SSSR count). The first-order valence-electron chi connectivity index (χ1n) is 11.3. The van der Waals surface area contributed by atoms with Gasteiger partial charge >= 0.3 is 0 Å². The quantitative estimate of drug-likeness (QED) is 0.518. The maximum absolute atomic E-state index is 6.04. The first kappa shape index (κ1) is 20.0. The van der Waals surface area contributed by atoms with Crippen LogP contribution in [-0.2, 0) is 11.8 Å². The molecule has 0 amide bonds. The number of piperidine rings is 1. The van der Waals surface area contributed by atoms with E-state index in [0.717, 1.165) is 38.7 Å². The summed E-state index contributed by atoms with van der Waals surface area (Å²) in [6.45, 7) is 7.54. The largest absolute Gasteiger partial charge is 0.380 e. The number of aromatic nitrogens is 2. The molecule has 0 radical (unpaired) electrons. The molecular formula is C24H32N4OS. The molecule has 2 aliphatic heterocycles. The number of benzene rings is 1. The van der Waals surface area contributed by atoms with Crippen molar-refractivity contribution in [1.29, 1.82) is 0 Å². The summed E-state index contributed by atoms with van der Waals surface area (Å²) in [7, 11) is 2.07. The van der Waals surface area contributed by atoms with Crippen LogP contribution in [0.3, 0.4) is 0 Å². The van der Waals surface area contributed by atoms with Crippen molar-refractivity contribution in [3.8, 4) is 11.1 Å². The molecule has 2 aliphatic rings. The Kier molecular flexibility index (Phi) is 6.07. The molecule has 5 nitrogen and oxygen atoms in total. The van der Waals surface area contributed by atoms with Crippen LogP contribution in [0.4, 0.5) is 5.82 Å². The predicted octanol–water partition coefficient (Wildman–Crippen LogP) is 4.63. The monoisotopic (exact) mass is 424 g/mol. The van der Waals surface area contributed by atoms with Crippen LogP contribution in [-0.4, -0.2) is 60.6 Å². The van der Waals surface area contributed by atoms with Gasteiger partial charge in [0.25, 0.3) is 0 Å². The number of ether oxygens (including phenoxy) is 1. The minimum absolute atomic E-state index is 0.676. The predicted molar refractivity (Wildman–Crippen MR) is 125 cm³/mol. The van der Waals surface area contributed by atoms with Crippen molar-refractivity contribution in [2.24, 2.45) is 13.0 Å². The van der Waals surface area contributed by atoms with E-state index in [-0.39, 0.29) is 0 Å². The molecule has 30 heavy (non-hydrogen) atoms. The van der Waals surface area contributed by atoms with Crippen molar-refractivity contribution >= 4 is 27.4 Å². The standard InChI is InChI=1S/C24H32N4OS/c1-26-24-22(21(18-30-24)20-7-3-2-4-8-20)23(25-26)28-13-9-19(10-14-28)17-29-16-15-27-11-5-6-12-27/h2-4,7-8,18-19H,5-6,9-17H2,1H3. The smallest absolute Gasteiger partial charge is 0.160 e. The SMILES string of the molecule is Cn1nc(N2CCC(COCCN3CCCC3)CC2)c2c(-c3ccccc3)csc21. The molecule has 2 aromatic heterocycles. The summed E-state index contributed by atoms with van der Waals surface area (Å²) >= 11 is 1.79. The third kappa shape index (κ3) is 4.13. The van der Waals surface area contributed by atoms with Crippen LogP contribution in [0, 0.1) is 5.92 Å². The number of rotatable bonds is 7. The summed E-state index contributed by atoms with van der Waals surface area (Å²) in [6, 6.07) is 10.7. The van der Waals surface area contributed by atoms with Gasteiger partial charge in [0.2, 0.25) is 0 Å². The molecule has 2 fully saturated rings. The van der Waals surface area contributed by atoms with Crippen molar-refractivity contribution < 1.29 is 4.74 Å². The van der Waals surface area contributed by atoms with E-state index in [0.29, 0.717) is 5.92 Å². The summed E-state index contributed by atoms with van der Waals surface area (Å²) in [4.78, 5) is 6.28. The minimum atomic E-state index is 0.676. The molecule has 0 N–H and O–H groups in total. The molecule has 1 aromatic carbocycles. The Morgan fingerprint density at radius 1 is 1.07 bits per heavy atom. The second-order valence-corrected chi connectivity index (χ2v) is 9.55. The second-order valence-electron chi connectivity index (χ2n) is 8.70. The number of likely N-dealkylation sites (tertiary alicyclic amines) is 1.